The van der Waals surface area contributed by atoms with E-state index in [2.05, 4.69) is 39.5 Å². The molecule has 0 radical (unpaired) electrons. The lowest BCUT2D eigenvalue weighted by Crippen LogP contribution is -2.46. The van der Waals surface area contributed by atoms with Crippen LogP contribution >= 0.6 is 0 Å². The maximum Gasteiger partial charge on any atom is 0.0678 e. The Hall–Kier alpha value is -0.120. The van der Waals surface area contributed by atoms with Crippen LogP contribution in [0, 0.1) is 0 Å². The number of ether oxygens (including phenoxy) is 2. The minimum absolute atomic E-state index is 0.0243. The Morgan fingerprint density at radius 3 is 2.20 bits per heavy atom. The topological polar surface area (TPSA) is 21.7 Å². The molecule has 3 nitrogen and oxygen atoms in total. The second-order valence-corrected chi connectivity index (χ2v) is 5.48. The number of rotatable bonds is 3. The highest BCUT2D eigenvalue weighted by molar-refractivity contribution is 4.73. The first-order valence-electron chi connectivity index (χ1n) is 5.88. The molecule has 0 aromatic heterocycles. The summed E-state index contributed by atoms with van der Waals surface area (Å²) in [6, 6.07) is 0. The van der Waals surface area contributed by atoms with Crippen LogP contribution in [0.4, 0.5) is 0 Å². The molecule has 0 aliphatic carbocycles. The van der Waals surface area contributed by atoms with Crippen molar-refractivity contribution in [2.45, 2.75) is 52.4 Å². The average molecular weight is 215 g/mol. The fraction of sp³-hybridized carbons (Fsp3) is 1.00. The molecule has 0 unspecified atom stereocenters. The van der Waals surface area contributed by atoms with Crippen LogP contribution in [-0.4, -0.2) is 49.0 Å². The molecule has 1 heterocycles. The Morgan fingerprint density at radius 2 is 1.73 bits per heavy atom. The molecular weight excluding hydrogens is 190 g/mol. The van der Waals surface area contributed by atoms with Crippen LogP contribution in [0.3, 0.4) is 0 Å². The van der Waals surface area contributed by atoms with Crippen LogP contribution in [-0.2, 0) is 9.47 Å². The standard InChI is InChI=1S/C12H25NO2/c1-10-8-13(9-11(2)15-10)6-7-14-12(3,4)5/h10-11H,6-9H2,1-5H3/t10-,11+. The molecule has 1 aliphatic rings. The molecule has 0 spiro atoms. The Balaban J connectivity index is 2.21. The van der Waals surface area contributed by atoms with Gasteiger partial charge in [-0.15, -0.1) is 0 Å². The zero-order chi connectivity index (χ0) is 11.5. The van der Waals surface area contributed by atoms with Crippen molar-refractivity contribution in [1.29, 1.82) is 0 Å². The van der Waals surface area contributed by atoms with Gasteiger partial charge in [-0.05, 0) is 34.6 Å². The Kier molecular flexibility index (Phi) is 4.56. The van der Waals surface area contributed by atoms with Gasteiger partial charge < -0.3 is 9.47 Å². The van der Waals surface area contributed by atoms with Gasteiger partial charge in [-0.1, -0.05) is 0 Å². The van der Waals surface area contributed by atoms with Crippen molar-refractivity contribution in [3.63, 3.8) is 0 Å². The first-order valence-corrected chi connectivity index (χ1v) is 5.88. The number of morpholine rings is 1. The van der Waals surface area contributed by atoms with Gasteiger partial charge in [0.05, 0.1) is 24.4 Å². The maximum absolute atomic E-state index is 5.72. The Morgan fingerprint density at radius 1 is 1.20 bits per heavy atom. The molecule has 90 valence electrons. The molecule has 15 heavy (non-hydrogen) atoms. The zero-order valence-corrected chi connectivity index (χ0v) is 10.7. The number of hydrogen-bond donors (Lipinski definition) is 0. The van der Waals surface area contributed by atoms with Crippen molar-refractivity contribution in [3.8, 4) is 0 Å². The summed E-state index contributed by atoms with van der Waals surface area (Å²) in [6.07, 6.45) is 0.701. The molecule has 2 atom stereocenters. The zero-order valence-electron chi connectivity index (χ0n) is 10.7. The summed E-state index contributed by atoms with van der Waals surface area (Å²) in [5, 5.41) is 0. The van der Waals surface area contributed by atoms with Crippen LogP contribution in [0.1, 0.15) is 34.6 Å². The minimum Gasteiger partial charge on any atom is -0.375 e. The largest absolute Gasteiger partial charge is 0.375 e. The SMILES string of the molecule is C[C@@H]1CN(CCOC(C)(C)C)C[C@H](C)O1. The van der Waals surface area contributed by atoms with Crippen LogP contribution in [0.2, 0.25) is 0 Å². The normalized spacial score (nSPS) is 29.4. The van der Waals surface area contributed by atoms with Crippen LogP contribution in [0.5, 0.6) is 0 Å². The predicted molar refractivity (Wildman–Crippen MR) is 62.2 cm³/mol. The third-order valence-electron chi connectivity index (χ3n) is 2.44. The van der Waals surface area contributed by atoms with Crippen molar-refractivity contribution in [2.24, 2.45) is 0 Å². The van der Waals surface area contributed by atoms with Crippen LogP contribution < -0.4 is 0 Å². The second kappa shape index (κ2) is 5.28. The van der Waals surface area contributed by atoms with Gasteiger partial charge >= 0.3 is 0 Å². The summed E-state index contributed by atoms with van der Waals surface area (Å²) < 4.78 is 11.4. The summed E-state index contributed by atoms with van der Waals surface area (Å²) in [6.45, 7) is 14.4. The van der Waals surface area contributed by atoms with Gasteiger partial charge in [0.25, 0.3) is 0 Å². The third kappa shape index (κ3) is 5.50. The summed E-state index contributed by atoms with van der Waals surface area (Å²) in [7, 11) is 0. The van der Waals surface area contributed by atoms with Gasteiger partial charge in [-0.25, -0.2) is 0 Å². The number of hydrogen-bond acceptors (Lipinski definition) is 3. The molecule has 0 bridgehead atoms. The van der Waals surface area contributed by atoms with Crippen molar-refractivity contribution in [3.05, 3.63) is 0 Å². The Bertz CT molecular complexity index is 179. The minimum atomic E-state index is -0.0243. The van der Waals surface area contributed by atoms with E-state index in [1.165, 1.54) is 0 Å². The van der Waals surface area contributed by atoms with E-state index in [9.17, 15) is 0 Å². The smallest absolute Gasteiger partial charge is 0.0678 e. The van der Waals surface area contributed by atoms with Crippen LogP contribution in [0.15, 0.2) is 0 Å². The van der Waals surface area contributed by atoms with E-state index in [0.29, 0.717) is 12.2 Å². The molecule has 0 N–H and O–H groups in total. The van der Waals surface area contributed by atoms with E-state index < -0.39 is 0 Å². The predicted octanol–water partition coefficient (Wildman–Crippen LogP) is 1.91. The summed E-state index contributed by atoms with van der Waals surface area (Å²) in [5.74, 6) is 0. The molecular formula is C12H25NO2. The average Bonchev–Trinajstić information content (AvgIpc) is 1.99. The van der Waals surface area contributed by atoms with Crippen molar-refractivity contribution in [2.75, 3.05) is 26.2 Å². The first-order chi connectivity index (χ1) is 6.87. The van der Waals surface area contributed by atoms with Gasteiger partial charge in [0.1, 0.15) is 0 Å². The van der Waals surface area contributed by atoms with Gasteiger partial charge in [0.2, 0.25) is 0 Å². The number of nitrogens with zero attached hydrogens (tertiary/aromatic N) is 1. The van der Waals surface area contributed by atoms with E-state index in [1.807, 2.05) is 0 Å². The first kappa shape index (κ1) is 12.9. The van der Waals surface area contributed by atoms with Gasteiger partial charge in [-0.2, -0.15) is 0 Å². The molecule has 1 saturated heterocycles. The highest BCUT2D eigenvalue weighted by Gasteiger charge is 2.22. The lowest BCUT2D eigenvalue weighted by molar-refractivity contribution is -0.0813. The Labute approximate surface area is 93.7 Å². The molecule has 0 aromatic carbocycles. The lowest BCUT2D eigenvalue weighted by atomic mass is 10.2. The molecule has 1 fully saturated rings. The summed E-state index contributed by atoms with van der Waals surface area (Å²) in [5.41, 5.74) is -0.0243. The van der Waals surface area contributed by atoms with Gasteiger partial charge in [0, 0.05) is 19.6 Å². The fourth-order valence-corrected chi connectivity index (χ4v) is 1.95. The van der Waals surface area contributed by atoms with E-state index in [0.717, 1.165) is 26.2 Å². The third-order valence-corrected chi connectivity index (χ3v) is 2.44. The molecule has 0 amide bonds. The molecule has 0 saturated carbocycles. The second-order valence-electron chi connectivity index (χ2n) is 5.48. The monoisotopic (exact) mass is 215 g/mol. The van der Waals surface area contributed by atoms with E-state index in [-0.39, 0.29) is 5.60 Å². The summed E-state index contributed by atoms with van der Waals surface area (Å²) >= 11 is 0. The lowest BCUT2D eigenvalue weighted by Gasteiger charge is -2.35. The maximum atomic E-state index is 5.72. The fourth-order valence-electron chi connectivity index (χ4n) is 1.95. The highest BCUT2D eigenvalue weighted by Crippen LogP contribution is 2.11. The van der Waals surface area contributed by atoms with E-state index >= 15 is 0 Å². The molecule has 1 aliphatic heterocycles. The molecule has 0 aromatic rings. The molecule has 3 heteroatoms. The van der Waals surface area contributed by atoms with Gasteiger partial charge in [0.15, 0.2) is 0 Å². The van der Waals surface area contributed by atoms with Crippen molar-refractivity contribution >= 4 is 0 Å². The van der Waals surface area contributed by atoms with Crippen molar-refractivity contribution in [1.82, 2.24) is 4.90 Å². The van der Waals surface area contributed by atoms with E-state index in [4.69, 9.17) is 9.47 Å². The van der Waals surface area contributed by atoms with Gasteiger partial charge in [-0.3, -0.25) is 4.90 Å². The van der Waals surface area contributed by atoms with Crippen LogP contribution in [0.25, 0.3) is 0 Å². The van der Waals surface area contributed by atoms with Crippen molar-refractivity contribution < 1.29 is 9.47 Å². The summed E-state index contributed by atoms with van der Waals surface area (Å²) in [4.78, 5) is 2.42. The van der Waals surface area contributed by atoms with E-state index in [1.54, 1.807) is 0 Å². The highest BCUT2D eigenvalue weighted by atomic mass is 16.5. The quantitative estimate of drug-likeness (QED) is 0.718. The molecule has 1 rings (SSSR count).